The summed E-state index contributed by atoms with van der Waals surface area (Å²) in [4.78, 5) is 36.9. The van der Waals surface area contributed by atoms with Gasteiger partial charge in [-0.05, 0) is 41.5 Å². The van der Waals surface area contributed by atoms with E-state index in [2.05, 4.69) is 5.10 Å². The van der Waals surface area contributed by atoms with Crippen LogP contribution in [0.15, 0.2) is 46.0 Å². The number of rotatable bonds is 7. The second-order valence-corrected chi connectivity index (χ2v) is 6.89. The molecule has 0 fully saturated rings. The summed E-state index contributed by atoms with van der Waals surface area (Å²) in [5.74, 6) is -1.37. The summed E-state index contributed by atoms with van der Waals surface area (Å²) in [5, 5.41) is 4.30. The van der Waals surface area contributed by atoms with Crippen molar-refractivity contribution in [3.8, 4) is 17.3 Å². The fraction of sp³-hybridized carbons (Fsp3) is 0.200. The molecule has 2 aromatic carbocycles. The number of aromatic nitrogens is 3. The molecule has 0 spiro atoms. The molecule has 31 heavy (non-hydrogen) atoms. The molecule has 0 saturated heterocycles. The number of hydrogen-bond acceptors (Lipinski definition) is 6. The zero-order valence-electron chi connectivity index (χ0n) is 16.6. The van der Waals surface area contributed by atoms with E-state index in [0.717, 1.165) is 15.3 Å². The van der Waals surface area contributed by atoms with Gasteiger partial charge in [-0.25, -0.2) is 13.8 Å². The third kappa shape index (κ3) is 4.58. The minimum atomic E-state index is -0.795. The molecule has 0 aliphatic heterocycles. The number of amides is 1. The van der Waals surface area contributed by atoms with Crippen LogP contribution in [-0.4, -0.2) is 34.5 Å². The van der Waals surface area contributed by atoms with Crippen LogP contribution in [0, 0.1) is 5.82 Å². The maximum atomic E-state index is 14.0. The monoisotopic (exact) mass is 448 g/mol. The molecular formula is C20H18ClFN4O5. The van der Waals surface area contributed by atoms with Crippen LogP contribution >= 0.6 is 11.6 Å². The van der Waals surface area contributed by atoms with E-state index in [4.69, 9.17) is 26.8 Å². The molecule has 0 bridgehead atoms. The number of hydrogen-bond donors (Lipinski definition) is 1. The van der Waals surface area contributed by atoms with E-state index in [0.29, 0.717) is 16.3 Å². The molecule has 0 unspecified atom stereocenters. The Bertz CT molecular complexity index is 1270. The lowest BCUT2D eigenvalue weighted by atomic mass is 10.1. The predicted molar refractivity (Wildman–Crippen MR) is 111 cm³/mol. The molecule has 0 aliphatic carbocycles. The van der Waals surface area contributed by atoms with Crippen molar-refractivity contribution >= 4 is 17.5 Å². The topological polar surface area (TPSA) is 118 Å². The van der Waals surface area contributed by atoms with Gasteiger partial charge in [0.25, 0.3) is 5.88 Å². The maximum Gasteiger partial charge on any atom is 0.352 e. The lowest BCUT2D eigenvalue weighted by molar-refractivity contribution is -0.117. The zero-order valence-corrected chi connectivity index (χ0v) is 17.4. The molecule has 0 radical (unpaired) electrons. The standard InChI is InChI=1S/C20H18ClFN4O5/c1-30-16-7-11(3-5-14(16)21)10-25-19(28)18(31-2)24-26(20(25)29)13-4-6-15(22)12(8-13)9-17(23)27/h3-8H,9-10H2,1-2H3,(H2,23,27). The molecule has 3 rings (SSSR count). The van der Waals surface area contributed by atoms with Crippen molar-refractivity contribution in [1.82, 2.24) is 14.3 Å². The van der Waals surface area contributed by atoms with Crippen LogP contribution in [0.2, 0.25) is 5.02 Å². The van der Waals surface area contributed by atoms with E-state index in [9.17, 15) is 18.8 Å². The van der Waals surface area contributed by atoms with Crippen LogP contribution in [0.4, 0.5) is 4.39 Å². The maximum absolute atomic E-state index is 14.0. The van der Waals surface area contributed by atoms with Crippen LogP contribution in [0.25, 0.3) is 5.69 Å². The molecule has 1 amide bonds. The third-order valence-electron chi connectivity index (χ3n) is 4.42. The Hall–Kier alpha value is -3.66. The summed E-state index contributed by atoms with van der Waals surface area (Å²) >= 11 is 6.03. The van der Waals surface area contributed by atoms with Crippen LogP contribution in [0.1, 0.15) is 11.1 Å². The minimum Gasteiger partial charge on any atom is -0.495 e. The summed E-state index contributed by atoms with van der Waals surface area (Å²) in [7, 11) is 2.68. The molecule has 162 valence electrons. The number of ether oxygens (including phenoxy) is 2. The number of nitrogens with two attached hydrogens (primary N) is 1. The zero-order chi connectivity index (χ0) is 22.7. The molecule has 11 heteroatoms. The summed E-state index contributed by atoms with van der Waals surface area (Å²) in [6.45, 7) is -0.126. The lowest BCUT2D eigenvalue weighted by Crippen LogP contribution is -2.41. The van der Waals surface area contributed by atoms with Crippen LogP contribution < -0.4 is 26.5 Å². The Morgan fingerprint density at radius 1 is 1.16 bits per heavy atom. The number of carbonyl (C=O) groups is 1. The van der Waals surface area contributed by atoms with Gasteiger partial charge in [0.15, 0.2) is 0 Å². The van der Waals surface area contributed by atoms with Crippen molar-refractivity contribution in [2.24, 2.45) is 5.73 Å². The molecule has 0 saturated carbocycles. The molecule has 1 heterocycles. The van der Waals surface area contributed by atoms with Gasteiger partial charge in [-0.15, -0.1) is 5.10 Å². The summed E-state index contributed by atoms with van der Waals surface area (Å²) in [6, 6.07) is 8.43. The van der Waals surface area contributed by atoms with Crippen molar-refractivity contribution in [3.63, 3.8) is 0 Å². The largest absolute Gasteiger partial charge is 0.495 e. The number of primary amides is 1. The molecule has 2 N–H and O–H groups in total. The SMILES string of the molecule is COc1cc(Cn2c(=O)c(OC)nn(-c3ccc(F)c(CC(N)=O)c3)c2=O)ccc1Cl. The lowest BCUT2D eigenvalue weighted by Gasteiger charge is -2.13. The number of methoxy groups -OCH3 is 2. The van der Waals surface area contributed by atoms with E-state index in [1.807, 2.05) is 0 Å². The highest BCUT2D eigenvalue weighted by molar-refractivity contribution is 6.32. The first kappa shape index (κ1) is 22.0. The Morgan fingerprint density at radius 3 is 2.55 bits per heavy atom. The van der Waals surface area contributed by atoms with E-state index in [1.54, 1.807) is 18.2 Å². The highest BCUT2D eigenvalue weighted by Crippen LogP contribution is 2.25. The third-order valence-corrected chi connectivity index (χ3v) is 4.73. The average Bonchev–Trinajstić information content (AvgIpc) is 2.74. The van der Waals surface area contributed by atoms with E-state index < -0.39 is 23.0 Å². The quantitative estimate of drug-likeness (QED) is 0.581. The molecular weight excluding hydrogens is 431 g/mol. The van der Waals surface area contributed by atoms with E-state index >= 15 is 0 Å². The highest BCUT2D eigenvalue weighted by Gasteiger charge is 2.17. The fourth-order valence-electron chi connectivity index (χ4n) is 2.93. The van der Waals surface area contributed by atoms with Gasteiger partial charge in [0.2, 0.25) is 5.91 Å². The van der Waals surface area contributed by atoms with Crippen molar-refractivity contribution in [1.29, 1.82) is 0 Å². The van der Waals surface area contributed by atoms with Crippen molar-refractivity contribution in [2.45, 2.75) is 13.0 Å². The Morgan fingerprint density at radius 2 is 1.90 bits per heavy atom. The molecule has 0 atom stereocenters. The average molecular weight is 449 g/mol. The van der Waals surface area contributed by atoms with Gasteiger partial charge in [0.1, 0.15) is 11.6 Å². The fourth-order valence-corrected chi connectivity index (χ4v) is 3.12. The van der Waals surface area contributed by atoms with Crippen LogP contribution in [-0.2, 0) is 17.8 Å². The molecule has 9 nitrogen and oxygen atoms in total. The summed E-state index contributed by atoms with van der Waals surface area (Å²) in [6.07, 6.45) is -0.365. The van der Waals surface area contributed by atoms with Gasteiger partial charge >= 0.3 is 11.2 Å². The van der Waals surface area contributed by atoms with Crippen molar-refractivity contribution in [2.75, 3.05) is 14.2 Å². The van der Waals surface area contributed by atoms with Crippen LogP contribution in [0.3, 0.4) is 0 Å². The highest BCUT2D eigenvalue weighted by atomic mass is 35.5. The first-order chi connectivity index (χ1) is 14.7. The van der Waals surface area contributed by atoms with Gasteiger partial charge in [-0.3, -0.25) is 9.59 Å². The first-order valence-corrected chi connectivity index (χ1v) is 9.30. The number of halogens is 2. The number of nitrogens with zero attached hydrogens (tertiary/aromatic N) is 3. The number of carbonyl (C=O) groups excluding carboxylic acids is 1. The molecule has 1 aromatic heterocycles. The molecule has 0 aliphatic rings. The minimum absolute atomic E-state index is 0.0159. The Balaban J connectivity index is 2.15. The van der Waals surface area contributed by atoms with Gasteiger partial charge in [0.05, 0.1) is 37.9 Å². The normalized spacial score (nSPS) is 10.7. The van der Waals surface area contributed by atoms with Gasteiger partial charge in [-0.1, -0.05) is 17.7 Å². The second-order valence-electron chi connectivity index (χ2n) is 6.48. The second kappa shape index (κ2) is 9.00. The van der Waals surface area contributed by atoms with Crippen molar-refractivity contribution < 1.29 is 18.7 Å². The first-order valence-electron chi connectivity index (χ1n) is 8.92. The van der Waals surface area contributed by atoms with Crippen LogP contribution in [0.5, 0.6) is 11.6 Å². The smallest absolute Gasteiger partial charge is 0.352 e. The van der Waals surface area contributed by atoms with Gasteiger partial charge in [0, 0.05) is 0 Å². The molecule has 3 aromatic rings. The van der Waals surface area contributed by atoms with Crippen molar-refractivity contribution in [3.05, 3.63) is 79.2 Å². The predicted octanol–water partition coefficient (Wildman–Crippen LogP) is 1.28. The van der Waals surface area contributed by atoms with E-state index in [-0.39, 0.29) is 30.1 Å². The van der Waals surface area contributed by atoms with Gasteiger partial charge in [-0.2, -0.15) is 4.68 Å². The van der Waals surface area contributed by atoms with Gasteiger partial charge < -0.3 is 15.2 Å². The van der Waals surface area contributed by atoms with E-state index in [1.165, 1.54) is 26.4 Å². The number of benzene rings is 2. The Kier molecular flexibility index (Phi) is 6.40. The summed E-state index contributed by atoms with van der Waals surface area (Å²) < 4.78 is 26.0. The summed E-state index contributed by atoms with van der Waals surface area (Å²) in [5.41, 5.74) is 4.28. The Labute approximate surface area is 180 Å².